The van der Waals surface area contributed by atoms with E-state index in [1.54, 1.807) is 0 Å². The maximum atomic E-state index is 5.79. The third-order valence-electron chi connectivity index (χ3n) is 1.30. The summed E-state index contributed by atoms with van der Waals surface area (Å²) in [5.74, 6) is 0.986. The van der Waals surface area contributed by atoms with Crippen LogP contribution in [0.3, 0.4) is 0 Å². The average Bonchev–Trinajstić information content (AvgIpc) is 2.06. The third-order valence-corrected chi connectivity index (χ3v) is 2.27. The minimum Gasteiger partial charge on any atom is -0.494 e. The minimum absolute atomic E-state index is 0.449. The molecule has 0 bridgehead atoms. The van der Waals surface area contributed by atoms with E-state index in [-0.39, 0.29) is 0 Å². The van der Waals surface area contributed by atoms with E-state index in [9.17, 15) is 0 Å². The van der Waals surface area contributed by atoms with Gasteiger partial charge in [-0.3, -0.25) is 0 Å². The largest absolute Gasteiger partial charge is 0.494 e. The molecule has 1 heterocycles. The van der Waals surface area contributed by atoms with Crippen LogP contribution in [0.2, 0.25) is 5.02 Å². The molecule has 0 aliphatic rings. The van der Waals surface area contributed by atoms with Gasteiger partial charge in [0.05, 0.1) is 20.4 Å². The molecule has 3 nitrogen and oxygen atoms in total. The molecule has 0 aliphatic carbocycles. The lowest BCUT2D eigenvalue weighted by atomic mass is 10.4. The zero-order valence-corrected chi connectivity index (χ0v) is 8.94. The molecule has 0 unspecified atom stereocenters. The highest BCUT2D eigenvalue weighted by Crippen LogP contribution is 2.37. The molecule has 12 heavy (non-hydrogen) atoms. The summed E-state index contributed by atoms with van der Waals surface area (Å²) in [6, 6.07) is 0. The van der Waals surface area contributed by atoms with Crippen LogP contribution >= 0.6 is 27.5 Å². The van der Waals surface area contributed by atoms with Gasteiger partial charge >= 0.3 is 0 Å². The fourth-order valence-electron chi connectivity index (χ4n) is 0.762. The Bertz CT molecular complexity index is 293. The summed E-state index contributed by atoms with van der Waals surface area (Å²) < 4.78 is 10.6. The summed E-state index contributed by atoms with van der Waals surface area (Å²) in [5.41, 5.74) is 0. The van der Waals surface area contributed by atoms with Crippen molar-refractivity contribution in [3.63, 3.8) is 0 Å². The Morgan fingerprint density at radius 2 is 2.08 bits per heavy atom. The van der Waals surface area contributed by atoms with Gasteiger partial charge < -0.3 is 9.47 Å². The molecule has 0 atom stereocenters. The second kappa shape index (κ2) is 3.96. The molecule has 66 valence electrons. The fraction of sp³-hybridized carbons (Fsp3) is 0.286. The normalized spacial score (nSPS) is 9.67. The van der Waals surface area contributed by atoms with Crippen LogP contribution in [0.4, 0.5) is 0 Å². The Hall–Kier alpha value is -0.480. The van der Waals surface area contributed by atoms with Crippen molar-refractivity contribution in [3.8, 4) is 11.6 Å². The van der Waals surface area contributed by atoms with Gasteiger partial charge in [0.1, 0.15) is 9.50 Å². The van der Waals surface area contributed by atoms with Crippen LogP contribution in [-0.2, 0) is 0 Å². The van der Waals surface area contributed by atoms with E-state index in [0.717, 1.165) is 0 Å². The lowest BCUT2D eigenvalue weighted by Crippen LogP contribution is -1.93. The van der Waals surface area contributed by atoms with E-state index >= 15 is 0 Å². The summed E-state index contributed by atoms with van der Waals surface area (Å²) in [7, 11) is 3.06. The van der Waals surface area contributed by atoms with Gasteiger partial charge in [-0.05, 0) is 15.9 Å². The topological polar surface area (TPSA) is 31.4 Å². The van der Waals surface area contributed by atoms with Crippen LogP contribution in [0.1, 0.15) is 0 Å². The van der Waals surface area contributed by atoms with Gasteiger partial charge in [-0.15, -0.1) is 0 Å². The molecule has 0 fully saturated rings. The second-order valence-corrected chi connectivity index (χ2v) is 3.16. The molecule has 0 aliphatic heterocycles. The van der Waals surface area contributed by atoms with E-state index in [2.05, 4.69) is 20.9 Å². The van der Waals surface area contributed by atoms with Crippen molar-refractivity contribution in [2.24, 2.45) is 0 Å². The van der Waals surface area contributed by atoms with Crippen molar-refractivity contribution in [2.45, 2.75) is 0 Å². The SMILES string of the molecule is COc1ncc(Cl)c(OC)c1Br. The van der Waals surface area contributed by atoms with Crippen molar-refractivity contribution < 1.29 is 9.47 Å². The first-order valence-electron chi connectivity index (χ1n) is 3.12. The van der Waals surface area contributed by atoms with Crippen LogP contribution in [0.5, 0.6) is 11.6 Å². The minimum atomic E-state index is 0.449. The van der Waals surface area contributed by atoms with Crippen molar-refractivity contribution in [1.82, 2.24) is 4.98 Å². The maximum absolute atomic E-state index is 5.79. The van der Waals surface area contributed by atoms with Crippen LogP contribution in [0.15, 0.2) is 10.7 Å². The number of aromatic nitrogens is 1. The Morgan fingerprint density at radius 1 is 1.42 bits per heavy atom. The number of pyridine rings is 1. The van der Waals surface area contributed by atoms with Crippen molar-refractivity contribution >= 4 is 27.5 Å². The summed E-state index contributed by atoms with van der Waals surface area (Å²) in [6.45, 7) is 0. The Kier molecular flexibility index (Phi) is 3.17. The molecule has 0 saturated heterocycles. The average molecular weight is 252 g/mol. The highest BCUT2D eigenvalue weighted by Gasteiger charge is 2.11. The molecular formula is C7H7BrClNO2. The van der Waals surface area contributed by atoms with E-state index < -0.39 is 0 Å². The van der Waals surface area contributed by atoms with E-state index in [0.29, 0.717) is 21.1 Å². The number of ether oxygens (including phenoxy) is 2. The van der Waals surface area contributed by atoms with Gasteiger partial charge in [-0.1, -0.05) is 11.6 Å². The molecule has 0 saturated carbocycles. The smallest absolute Gasteiger partial charge is 0.231 e. The van der Waals surface area contributed by atoms with Crippen molar-refractivity contribution in [1.29, 1.82) is 0 Å². The van der Waals surface area contributed by atoms with E-state index in [1.165, 1.54) is 20.4 Å². The fourth-order valence-corrected chi connectivity index (χ4v) is 1.74. The quantitative estimate of drug-likeness (QED) is 0.810. The molecule has 5 heteroatoms. The molecule has 1 aromatic heterocycles. The Morgan fingerprint density at radius 3 is 2.58 bits per heavy atom. The highest BCUT2D eigenvalue weighted by molar-refractivity contribution is 9.10. The zero-order chi connectivity index (χ0) is 9.14. The molecule has 0 amide bonds. The van der Waals surface area contributed by atoms with E-state index in [1.807, 2.05) is 0 Å². The summed E-state index contributed by atoms with van der Waals surface area (Å²) in [5, 5.41) is 0.449. The highest BCUT2D eigenvalue weighted by atomic mass is 79.9. The van der Waals surface area contributed by atoms with Crippen LogP contribution in [0.25, 0.3) is 0 Å². The van der Waals surface area contributed by atoms with E-state index in [4.69, 9.17) is 21.1 Å². The molecule has 0 N–H and O–H groups in total. The third kappa shape index (κ3) is 1.64. The number of hydrogen-bond acceptors (Lipinski definition) is 3. The molecule has 1 aromatic rings. The lowest BCUT2D eigenvalue weighted by molar-refractivity contribution is 0.377. The first-order chi connectivity index (χ1) is 5.70. The monoisotopic (exact) mass is 251 g/mol. The van der Waals surface area contributed by atoms with Gasteiger partial charge in [0.15, 0.2) is 5.75 Å². The zero-order valence-electron chi connectivity index (χ0n) is 6.60. The number of methoxy groups -OCH3 is 2. The maximum Gasteiger partial charge on any atom is 0.231 e. The van der Waals surface area contributed by atoms with Gasteiger partial charge in [0.25, 0.3) is 0 Å². The predicted octanol–water partition coefficient (Wildman–Crippen LogP) is 2.51. The standard InChI is InChI=1S/C7H7BrClNO2/c1-11-6-4(9)3-10-7(12-2)5(6)8/h3H,1-2H3. The molecular weight excluding hydrogens is 245 g/mol. The first kappa shape index (κ1) is 9.61. The van der Waals surface area contributed by atoms with Gasteiger partial charge in [0.2, 0.25) is 5.88 Å². The summed E-state index contributed by atoms with van der Waals surface area (Å²) >= 11 is 9.04. The number of halogens is 2. The summed E-state index contributed by atoms with van der Waals surface area (Å²) in [6.07, 6.45) is 1.48. The number of hydrogen-bond donors (Lipinski definition) is 0. The van der Waals surface area contributed by atoms with Gasteiger partial charge in [-0.25, -0.2) is 4.98 Å². The predicted molar refractivity (Wildman–Crippen MR) is 50.1 cm³/mol. The van der Waals surface area contributed by atoms with Gasteiger partial charge in [-0.2, -0.15) is 0 Å². The van der Waals surface area contributed by atoms with Crippen molar-refractivity contribution in [2.75, 3.05) is 14.2 Å². The van der Waals surface area contributed by atoms with Crippen LogP contribution in [-0.4, -0.2) is 19.2 Å². The van der Waals surface area contributed by atoms with Gasteiger partial charge in [0, 0.05) is 0 Å². The lowest BCUT2D eigenvalue weighted by Gasteiger charge is -2.07. The first-order valence-corrected chi connectivity index (χ1v) is 4.29. The molecule has 0 spiro atoms. The Balaban J connectivity index is 3.24. The molecule has 0 aromatic carbocycles. The summed E-state index contributed by atoms with van der Waals surface area (Å²) in [4.78, 5) is 3.92. The molecule has 1 rings (SSSR count). The second-order valence-electron chi connectivity index (χ2n) is 1.96. The van der Waals surface area contributed by atoms with Crippen LogP contribution < -0.4 is 9.47 Å². The number of rotatable bonds is 2. The van der Waals surface area contributed by atoms with Crippen molar-refractivity contribution in [3.05, 3.63) is 15.7 Å². The Labute approximate surface area is 83.8 Å². The number of nitrogens with zero attached hydrogens (tertiary/aromatic N) is 1. The molecule has 0 radical (unpaired) electrons. The van der Waals surface area contributed by atoms with Crippen LogP contribution in [0, 0.1) is 0 Å².